The van der Waals surface area contributed by atoms with Crippen LogP contribution < -0.4 is 4.74 Å². The predicted molar refractivity (Wildman–Crippen MR) is 84.1 cm³/mol. The van der Waals surface area contributed by atoms with E-state index in [2.05, 4.69) is 4.98 Å². The number of hydrogen-bond donors (Lipinski definition) is 0. The van der Waals surface area contributed by atoms with Crippen LogP contribution in [-0.4, -0.2) is 18.4 Å². The number of pyridine rings is 1. The van der Waals surface area contributed by atoms with Gasteiger partial charge in [-0.1, -0.05) is 24.3 Å². The number of hydrogen-bond acceptors (Lipinski definition) is 3. The van der Waals surface area contributed by atoms with Crippen LogP contribution >= 0.6 is 0 Å². The van der Waals surface area contributed by atoms with Crippen LogP contribution in [0.25, 0.3) is 22.0 Å². The highest BCUT2D eigenvalue weighted by Gasteiger charge is 2.30. The maximum atomic E-state index is 12.7. The lowest BCUT2D eigenvalue weighted by atomic mass is 10.0. The first-order valence-electron chi connectivity index (χ1n) is 7.04. The highest BCUT2D eigenvalue weighted by atomic mass is 19.4. The van der Waals surface area contributed by atoms with E-state index in [9.17, 15) is 18.0 Å². The lowest BCUT2D eigenvalue weighted by molar-refractivity contribution is -0.137. The summed E-state index contributed by atoms with van der Waals surface area (Å²) >= 11 is 0. The standard InChI is InChI=1S/C18H12F3NO2/c1-24-16-9-13-8-11(10-23)2-7-15(13)17(22-16)12-3-5-14(6-4-12)18(19,20)21/h2-10H,1H3. The molecule has 24 heavy (non-hydrogen) atoms. The van der Waals surface area contributed by atoms with Crippen molar-refractivity contribution < 1.29 is 22.7 Å². The lowest BCUT2D eigenvalue weighted by Crippen LogP contribution is -2.04. The first-order valence-corrected chi connectivity index (χ1v) is 7.04. The van der Waals surface area contributed by atoms with Crippen molar-refractivity contribution in [2.75, 3.05) is 7.11 Å². The van der Waals surface area contributed by atoms with Gasteiger partial charge in [0.15, 0.2) is 0 Å². The molecule has 3 aromatic rings. The van der Waals surface area contributed by atoms with Crippen LogP contribution in [-0.2, 0) is 6.18 Å². The average molecular weight is 331 g/mol. The Labute approximate surface area is 135 Å². The number of benzene rings is 2. The van der Waals surface area contributed by atoms with Crippen LogP contribution in [0.5, 0.6) is 5.88 Å². The van der Waals surface area contributed by atoms with Crippen LogP contribution in [0.1, 0.15) is 15.9 Å². The van der Waals surface area contributed by atoms with Gasteiger partial charge in [0.1, 0.15) is 6.29 Å². The molecule has 0 N–H and O–H groups in total. The molecule has 0 fully saturated rings. The fourth-order valence-corrected chi connectivity index (χ4v) is 2.47. The van der Waals surface area contributed by atoms with E-state index in [0.717, 1.165) is 29.2 Å². The van der Waals surface area contributed by atoms with Gasteiger partial charge in [-0.3, -0.25) is 4.79 Å². The SMILES string of the molecule is COc1cc2cc(C=O)ccc2c(-c2ccc(C(F)(F)F)cc2)n1. The Morgan fingerprint density at radius 2 is 1.75 bits per heavy atom. The quantitative estimate of drug-likeness (QED) is 0.651. The third-order valence-electron chi connectivity index (χ3n) is 3.66. The number of alkyl halides is 3. The van der Waals surface area contributed by atoms with Crippen LogP contribution in [0, 0.1) is 0 Å². The number of aldehydes is 1. The molecule has 0 unspecified atom stereocenters. The zero-order chi connectivity index (χ0) is 17.3. The molecule has 0 saturated heterocycles. The zero-order valence-corrected chi connectivity index (χ0v) is 12.6. The van der Waals surface area contributed by atoms with Crippen molar-refractivity contribution in [2.45, 2.75) is 6.18 Å². The Morgan fingerprint density at radius 3 is 2.33 bits per heavy atom. The topological polar surface area (TPSA) is 39.2 Å². The molecule has 1 aromatic heterocycles. The Balaban J connectivity index is 2.19. The smallest absolute Gasteiger partial charge is 0.416 e. The lowest BCUT2D eigenvalue weighted by Gasteiger charge is -2.11. The van der Waals surface area contributed by atoms with Crippen molar-refractivity contribution in [2.24, 2.45) is 0 Å². The number of rotatable bonds is 3. The van der Waals surface area contributed by atoms with E-state index in [4.69, 9.17) is 4.74 Å². The monoisotopic (exact) mass is 331 g/mol. The number of carbonyl (C=O) groups excluding carboxylic acids is 1. The molecule has 0 aliphatic heterocycles. The Hall–Kier alpha value is -2.89. The molecular weight excluding hydrogens is 319 g/mol. The van der Waals surface area contributed by atoms with Crippen LogP contribution in [0.2, 0.25) is 0 Å². The number of halogens is 3. The molecule has 0 bridgehead atoms. The normalized spacial score (nSPS) is 11.5. The van der Waals surface area contributed by atoms with Crippen LogP contribution in [0.4, 0.5) is 13.2 Å². The summed E-state index contributed by atoms with van der Waals surface area (Å²) in [5.41, 5.74) is 0.803. The predicted octanol–water partition coefficient (Wildman–Crippen LogP) is 4.74. The van der Waals surface area contributed by atoms with Crippen molar-refractivity contribution in [3.63, 3.8) is 0 Å². The molecule has 0 amide bonds. The summed E-state index contributed by atoms with van der Waals surface area (Å²) in [6, 6.07) is 11.5. The molecule has 3 nitrogen and oxygen atoms in total. The summed E-state index contributed by atoms with van der Waals surface area (Å²) in [6.07, 6.45) is -3.66. The third kappa shape index (κ3) is 2.95. The number of methoxy groups -OCH3 is 1. The van der Waals surface area contributed by atoms with Crippen LogP contribution in [0.3, 0.4) is 0 Å². The number of fused-ring (bicyclic) bond motifs is 1. The molecule has 0 spiro atoms. The first-order chi connectivity index (χ1) is 11.4. The van der Waals surface area contributed by atoms with Gasteiger partial charge < -0.3 is 4.74 Å². The molecule has 0 atom stereocenters. The van der Waals surface area contributed by atoms with Gasteiger partial charge in [0.2, 0.25) is 5.88 Å². The molecule has 0 aliphatic carbocycles. The van der Waals surface area contributed by atoms with E-state index in [1.54, 1.807) is 24.3 Å². The van der Waals surface area contributed by atoms with Gasteiger partial charge in [-0.25, -0.2) is 4.98 Å². The fraction of sp³-hybridized carbons (Fsp3) is 0.111. The molecule has 1 heterocycles. The summed E-state index contributed by atoms with van der Waals surface area (Å²) < 4.78 is 43.3. The van der Waals surface area contributed by atoms with E-state index < -0.39 is 11.7 Å². The van der Waals surface area contributed by atoms with Gasteiger partial charge in [0, 0.05) is 22.6 Å². The van der Waals surface area contributed by atoms with Gasteiger partial charge in [-0.15, -0.1) is 0 Å². The Bertz CT molecular complexity index is 903. The summed E-state index contributed by atoms with van der Waals surface area (Å²) in [5, 5.41) is 1.45. The third-order valence-corrected chi connectivity index (χ3v) is 3.66. The minimum atomic E-state index is -4.39. The highest BCUT2D eigenvalue weighted by molar-refractivity contribution is 5.97. The molecule has 3 rings (SSSR count). The fourth-order valence-electron chi connectivity index (χ4n) is 2.47. The molecule has 0 saturated carbocycles. The maximum Gasteiger partial charge on any atom is 0.416 e. The van der Waals surface area contributed by atoms with E-state index >= 15 is 0 Å². The molecule has 0 radical (unpaired) electrons. The van der Waals surface area contributed by atoms with E-state index in [-0.39, 0.29) is 0 Å². The van der Waals surface area contributed by atoms with Gasteiger partial charge in [0.05, 0.1) is 18.4 Å². The average Bonchev–Trinajstić information content (AvgIpc) is 2.59. The Kier molecular flexibility index (Phi) is 3.97. The van der Waals surface area contributed by atoms with Gasteiger partial charge in [-0.2, -0.15) is 13.2 Å². The number of ether oxygens (including phenoxy) is 1. The second kappa shape index (κ2) is 5.96. The minimum Gasteiger partial charge on any atom is -0.481 e. The van der Waals surface area contributed by atoms with Crippen molar-refractivity contribution in [1.29, 1.82) is 0 Å². The zero-order valence-electron chi connectivity index (χ0n) is 12.6. The minimum absolute atomic E-state index is 0.320. The molecule has 2 aromatic carbocycles. The Morgan fingerprint density at radius 1 is 1.04 bits per heavy atom. The van der Waals surface area contributed by atoms with Crippen molar-refractivity contribution in [1.82, 2.24) is 4.98 Å². The van der Waals surface area contributed by atoms with Gasteiger partial charge in [0.25, 0.3) is 0 Å². The van der Waals surface area contributed by atoms with Crippen LogP contribution in [0.15, 0.2) is 48.5 Å². The van der Waals surface area contributed by atoms with Crippen molar-refractivity contribution in [3.8, 4) is 17.1 Å². The number of aromatic nitrogens is 1. The van der Waals surface area contributed by atoms with E-state index in [0.29, 0.717) is 22.7 Å². The van der Waals surface area contributed by atoms with Crippen molar-refractivity contribution in [3.05, 3.63) is 59.7 Å². The number of carbonyl (C=O) groups is 1. The van der Waals surface area contributed by atoms with Crippen molar-refractivity contribution >= 4 is 17.1 Å². The second-order valence-corrected chi connectivity index (χ2v) is 5.19. The molecule has 0 aliphatic rings. The first kappa shape index (κ1) is 16.0. The molecule has 6 heteroatoms. The maximum absolute atomic E-state index is 12.7. The summed E-state index contributed by atoms with van der Waals surface area (Å²) in [4.78, 5) is 15.3. The van der Waals surface area contributed by atoms with Gasteiger partial charge >= 0.3 is 6.18 Å². The summed E-state index contributed by atoms with van der Waals surface area (Å²) in [6.45, 7) is 0. The molecule has 122 valence electrons. The highest BCUT2D eigenvalue weighted by Crippen LogP contribution is 2.34. The van der Waals surface area contributed by atoms with E-state index in [1.165, 1.54) is 19.2 Å². The van der Waals surface area contributed by atoms with E-state index in [1.807, 2.05) is 0 Å². The largest absolute Gasteiger partial charge is 0.481 e. The molecular formula is C18H12F3NO2. The number of nitrogens with zero attached hydrogens (tertiary/aromatic N) is 1. The summed E-state index contributed by atoms with van der Waals surface area (Å²) in [7, 11) is 1.45. The second-order valence-electron chi connectivity index (χ2n) is 5.19. The van der Waals surface area contributed by atoms with Gasteiger partial charge in [-0.05, 0) is 23.6 Å². The summed E-state index contributed by atoms with van der Waals surface area (Å²) in [5.74, 6) is 0.320.